The Balaban J connectivity index is 1.34. The lowest BCUT2D eigenvalue weighted by Gasteiger charge is -2.34. The summed E-state index contributed by atoms with van der Waals surface area (Å²) < 4.78 is 21.9. The molecule has 1 aromatic carbocycles. The number of ether oxygens (including phenoxy) is 3. The van der Waals surface area contributed by atoms with Crippen LogP contribution in [0.25, 0.3) is 11.4 Å². The zero-order valence-corrected chi connectivity index (χ0v) is 18.1. The van der Waals surface area contributed by atoms with Crippen LogP contribution in [0.2, 0.25) is 0 Å². The largest absolute Gasteiger partial charge is 0.493 e. The van der Waals surface area contributed by atoms with Crippen LogP contribution in [0, 0.1) is 0 Å². The van der Waals surface area contributed by atoms with Gasteiger partial charge < -0.3 is 18.7 Å². The Morgan fingerprint density at radius 3 is 2.29 bits per heavy atom. The summed E-state index contributed by atoms with van der Waals surface area (Å²) in [4.78, 5) is 13.3. The molecule has 0 spiro atoms. The smallest absolute Gasteiger partial charge is 0.241 e. The van der Waals surface area contributed by atoms with Crippen LogP contribution < -0.4 is 14.2 Å². The van der Waals surface area contributed by atoms with Gasteiger partial charge in [-0.15, -0.1) is 0 Å². The van der Waals surface area contributed by atoms with Crippen molar-refractivity contribution in [1.29, 1.82) is 0 Å². The van der Waals surface area contributed by atoms with E-state index >= 15 is 0 Å². The van der Waals surface area contributed by atoms with Gasteiger partial charge in [0.05, 0.1) is 27.9 Å². The van der Waals surface area contributed by atoms with Crippen LogP contribution in [0.1, 0.15) is 11.5 Å². The van der Waals surface area contributed by atoms with Gasteiger partial charge in [-0.25, -0.2) is 0 Å². The molecule has 0 unspecified atom stereocenters. The molecule has 164 valence electrons. The number of hydrogen-bond donors (Lipinski definition) is 0. The molecule has 9 heteroatoms. The molecule has 9 nitrogen and oxygen atoms in total. The Hall–Kier alpha value is -3.17. The number of methoxy groups -OCH3 is 3. The topological polar surface area (TPSA) is 86.0 Å². The fourth-order valence-corrected chi connectivity index (χ4v) is 3.76. The fraction of sp³-hybridized carbons (Fsp3) is 0.409. The Morgan fingerprint density at radius 2 is 1.65 bits per heavy atom. The van der Waals surface area contributed by atoms with Crippen molar-refractivity contribution in [2.75, 3.05) is 47.5 Å². The first-order chi connectivity index (χ1) is 15.2. The quantitative estimate of drug-likeness (QED) is 0.540. The van der Waals surface area contributed by atoms with Gasteiger partial charge in [0.1, 0.15) is 0 Å². The van der Waals surface area contributed by atoms with Crippen molar-refractivity contribution in [1.82, 2.24) is 24.9 Å². The number of hydrogen-bond acceptors (Lipinski definition) is 9. The van der Waals surface area contributed by atoms with Crippen LogP contribution in [0.15, 0.2) is 41.2 Å². The van der Waals surface area contributed by atoms with Gasteiger partial charge in [0.2, 0.25) is 17.5 Å². The highest BCUT2D eigenvalue weighted by molar-refractivity contribution is 5.55. The van der Waals surface area contributed by atoms with E-state index in [0.717, 1.165) is 49.6 Å². The molecule has 0 radical (unpaired) electrons. The SMILES string of the molecule is COc1ccc(CN2CCN(Cc3nc(-c4cccnc4)no3)CC2)c(OC)c1OC. The van der Waals surface area contributed by atoms with Crippen LogP contribution in [-0.2, 0) is 13.1 Å². The minimum Gasteiger partial charge on any atom is -0.493 e. The highest BCUT2D eigenvalue weighted by atomic mass is 16.5. The molecule has 3 aromatic rings. The molecule has 1 saturated heterocycles. The Bertz CT molecular complexity index is 987. The first kappa shape index (κ1) is 21.1. The molecule has 0 atom stereocenters. The lowest BCUT2D eigenvalue weighted by Crippen LogP contribution is -2.45. The van der Waals surface area contributed by atoms with Gasteiger partial charge in [-0.3, -0.25) is 14.8 Å². The molecule has 0 amide bonds. The van der Waals surface area contributed by atoms with Gasteiger partial charge in [0.15, 0.2) is 11.5 Å². The number of nitrogens with zero attached hydrogens (tertiary/aromatic N) is 5. The van der Waals surface area contributed by atoms with Crippen LogP contribution in [0.3, 0.4) is 0 Å². The lowest BCUT2D eigenvalue weighted by atomic mass is 10.1. The molecular formula is C22H27N5O4. The summed E-state index contributed by atoms with van der Waals surface area (Å²) in [7, 11) is 4.91. The molecule has 0 aliphatic carbocycles. The number of piperazine rings is 1. The molecule has 0 bridgehead atoms. The molecule has 4 rings (SSSR count). The molecule has 1 aliphatic heterocycles. The summed E-state index contributed by atoms with van der Waals surface area (Å²) in [6.45, 7) is 5.12. The van der Waals surface area contributed by atoms with E-state index in [1.807, 2.05) is 24.3 Å². The normalized spacial score (nSPS) is 15.1. The number of pyridine rings is 1. The van der Waals surface area contributed by atoms with Crippen LogP contribution in [0.5, 0.6) is 17.2 Å². The van der Waals surface area contributed by atoms with Crippen LogP contribution in [0.4, 0.5) is 0 Å². The monoisotopic (exact) mass is 425 g/mol. The van der Waals surface area contributed by atoms with E-state index in [9.17, 15) is 0 Å². The number of rotatable bonds is 8. The average Bonchev–Trinajstić information content (AvgIpc) is 3.29. The predicted octanol–water partition coefficient (Wildman–Crippen LogP) is 2.48. The maximum Gasteiger partial charge on any atom is 0.241 e. The van der Waals surface area contributed by atoms with E-state index in [0.29, 0.717) is 29.8 Å². The molecule has 2 aromatic heterocycles. The molecule has 0 N–H and O–H groups in total. The summed E-state index contributed by atoms with van der Waals surface area (Å²) in [5.41, 5.74) is 1.93. The van der Waals surface area contributed by atoms with E-state index in [2.05, 4.69) is 24.9 Å². The van der Waals surface area contributed by atoms with Crippen molar-refractivity contribution in [3.63, 3.8) is 0 Å². The van der Waals surface area contributed by atoms with E-state index in [1.54, 1.807) is 33.7 Å². The minimum absolute atomic E-state index is 0.572. The van der Waals surface area contributed by atoms with E-state index in [-0.39, 0.29) is 0 Å². The van der Waals surface area contributed by atoms with Crippen molar-refractivity contribution in [3.05, 3.63) is 48.1 Å². The lowest BCUT2D eigenvalue weighted by molar-refractivity contribution is 0.111. The predicted molar refractivity (Wildman–Crippen MR) is 114 cm³/mol. The summed E-state index contributed by atoms with van der Waals surface area (Å²) in [6, 6.07) is 7.73. The third-order valence-corrected chi connectivity index (χ3v) is 5.39. The molecule has 1 fully saturated rings. The van der Waals surface area contributed by atoms with Crippen molar-refractivity contribution < 1.29 is 18.7 Å². The number of benzene rings is 1. The van der Waals surface area contributed by atoms with Gasteiger partial charge in [-0.2, -0.15) is 4.98 Å². The summed E-state index contributed by atoms with van der Waals surface area (Å²) >= 11 is 0. The average molecular weight is 425 g/mol. The Kier molecular flexibility index (Phi) is 6.63. The molecule has 1 aliphatic rings. The zero-order valence-electron chi connectivity index (χ0n) is 18.1. The highest BCUT2D eigenvalue weighted by Gasteiger charge is 2.22. The maximum atomic E-state index is 5.62. The Labute approximate surface area is 181 Å². The third kappa shape index (κ3) is 4.78. The van der Waals surface area contributed by atoms with E-state index < -0.39 is 0 Å². The standard InChI is InChI=1S/C22H27N5O4/c1-28-18-7-6-17(20(29-2)21(18)30-3)14-26-9-11-27(12-10-26)15-19-24-22(25-31-19)16-5-4-8-23-13-16/h4-8,13H,9-12,14-15H2,1-3H3. The Morgan fingerprint density at radius 1 is 0.903 bits per heavy atom. The first-order valence-electron chi connectivity index (χ1n) is 10.2. The van der Waals surface area contributed by atoms with Gasteiger partial charge in [-0.1, -0.05) is 11.2 Å². The van der Waals surface area contributed by atoms with Crippen LogP contribution >= 0.6 is 0 Å². The second-order valence-electron chi connectivity index (χ2n) is 7.30. The molecule has 0 saturated carbocycles. The van der Waals surface area contributed by atoms with Gasteiger partial charge in [0, 0.05) is 56.2 Å². The molecule has 31 heavy (non-hydrogen) atoms. The molecular weight excluding hydrogens is 398 g/mol. The van der Waals surface area contributed by atoms with Gasteiger partial charge in [-0.05, 0) is 18.2 Å². The van der Waals surface area contributed by atoms with E-state index in [1.165, 1.54) is 0 Å². The van der Waals surface area contributed by atoms with Crippen molar-refractivity contribution >= 4 is 0 Å². The van der Waals surface area contributed by atoms with Crippen molar-refractivity contribution in [2.45, 2.75) is 13.1 Å². The maximum absolute atomic E-state index is 5.62. The summed E-state index contributed by atoms with van der Waals surface area (Å²) in [5, 5.41) is 4.07. The highest BCUT2D eigenvalue weighted by Crippen LogP contribution is 2.40. The van der Waals surface area contributed by atoms with E-state index in [4.69, 9.17) is 18.7 Å². The fourth-order valence-electron chi connectivity index (χ4n) is 3.76. The van der Waals surface area contributed by atoms with Crippen molar-refractivity contribution in [2.24, 2.45) is 0 Å². The summed E-state index contributed by atoms with van der Waals surface area (Å²) in [6.07, 6.45) is 3.46. The van der Waals surface area contributed by atoms with Gasteiger partial charge in [0.25, 0.3) is 0 Å². The molecule has 3 heterocycles. The van der Waals surface area contributed by atoms with Crippen molar-refractivity contribution in [3.8, 4) is 28.6 Å². The first-order valence-corrected chi connectivity index (χ1v) is 10.2. The summed E-state index contributed by atoms with van der Waals surface area (Å²) in [5.74, 6) is 3.20. The third-order valence-electron chi connectivity index (χ3n) is 5.39. The van der Waals surface area contributed by atoms with Gasteiger partial charge >= 0.3 is 0 Å². The second kappa shape index (κ2) is 9.76. The minimum atomic E-state index is 0.572. The second-order valence-corrected chi connectivity index (χ2v) is 7.30. The van der Waals surface area contributed by atoms with Crippen LogP contribution in [-0.4, -0.2) is 72.4 Å². The zero-order chi connectivity index (χ0) is 21.6. The number of aromatic nitrogens is 3.